The van der Waals surface area contributed by atoms with Gasteiger partial charge in [0.25, 0.3) is 0 Å². The molecule has 0 spiro atoms. The maximum absolute atomic E-state index is 12.0. The molecular weight excluding hydrogens is 278 g/mol. The number of aromatic nitrogens is 1. The summed E-state index contributed by atoms with van der Waals surface area (Å²) in [6, 6.07) is 5.48. The van der Waals surface area contributed by atoms with E-state index >= 15 is 0 Å². The van der Waals surface area contributed by atoms with Crippen molar-refractivity contribution in [3.63, 3.8) is 0 Å². The molecule has 22 heavy (non-hydrogen) atoms. The number of nitrogens with one attached hydrogen (secondary N) is 1. The summed E-state index contributed by atoms with van der Waals surface area (Å²) in [7, 11) is 0. The molecule has 1 atom stereocenters. The van der Waals surface area contributed by atoms with Crippen molar-refractivity contribution in [2.75, 3.05) is 37.6 Å². The number of carbonyl (C=O) groups is 1. The third-order valence-electron chi connectivity index (χ3n) is 3.86. The molecule has 2 rings (SSSR count). The van der Waals surface area contributed by atoms with Crippen molar-refractivity contribution in [2.45, 2.75) is 13.0 Å². The van der Waals surface area contributed by atoms with Crippen molar-refractivity contribution in [3.8, 4) is 6.07 Å². The third kappa shape index (κ3) is 3.83. The summed E-state index contributed by atoms with van der Waals surface area (Å²) in [5.74, 6) is 0.848. The van der Waals surface area contributed by atoms with Gasteiger partial charge in [0, 0.05) is 38.9 Å². The Bertz CT molecular complexity index is 572. The van der Waals surface area contributed by atoms with Crippen LogP contribution in [0.4, 0.5) is 5.82 Å². The van der Waals surface area contributed by atoms with Crippen LogP contribution in [0.1, 0.15) is 12.5 Å². The van der Waals surface area contributed by atoms with Crippen LogP contribution in [0.3, 0.4) is 0 Å². The average Bonchev–Trinajstić information content (AvgIpc) is 2.59. The van der Waals surface area contributed by atoms with Crippen molar-refractivity contribution < 1.29 is 4.79 Å². The zero-order valence-corrected chi connectivity index (χ0v) is 12.8. The number of anilines is 1. The average molecular weight is 299 g/mol. The van der Waals surface area contributed by atoms with Crippen molar-refractivity contribution in [1.82, 2.24) is 15.2 Å². The molecule has 2 heterocycles. The molecule has 1 N–H and O–H groups in total. The predicted molar refractivity (Wildman–Crippen MR) is 85.4 cm³/mol. The second-order valence-electron chi connectivity index (χ2n) is 5.25. The van der Waals surface area contributed by atoms with Gasteiger partial charge < -0.3 is 10.2 Å². The largest absolute Gasteiger partial charge is 0.354 e. The van der Waals surface area contributed by atoms with Gasteiger partial charge in [-0.3, -0.25) is 9.69 Å². The molecular formula is C16H21N5O. The van der Waals surface area contributed by atoms with E-state index in [1.165, 1.54) is 0 Å². The van der Waals surface area contributed by atoms with Gasteiger partial charge in [-0.05, 0) is 19.1 Å². The highest BCUT2D eigenvalue weighted by molar-refractivity contribution is 5.81. The minimum absolute atomic E-state index is 0.0259. The summed E-state index contributed by atoms with van der Waals surface area (Å²) in [6.07, 6.45) is 3.34. The fourth-order valence-electron chi connectivity index (χ4n) is 2.49. The molecule has 0 aliphatic carbocycles. The minimum atomic E-state index is -0.152. The SMILES string of the molecule is C=CCNC(=O)[C@H](C)N1CCN(c2cc(C#N)ccn2)CC1. The first kappa shape index (κ1) is 16.0. The highest BCUT2D eigenvalue weighted by Crippen LogP contribution is 2.15. The Balaban J connectivity index is 1.91. The molecule has 1 aliphatic rings. The van der Waals surface area contributed by atoms with Gasteiger partial charge in [0.15, 0.2) is 0 Å². The maximum atomic E-state index is 12.0. The Kier molecular flexibility index (Phi) is 5.50. The zero-order chi connectivity index (χ0) is 15.9. The number of nitriles is 1. The normalized spacial score (nSPS) is 16.6. The van der Waals surface area contributed by atoms with Gasteiger partial charge in [-0.2, -0.15) is 5.26 Å². The van der Waals surface area contributed by atoms with Gasteiger partial charge in [-0.1, -0.05) is 6.08 Å². The van der Waals surface area contributed by atoms with E-state index in [0.29, 0.717) is 12.1 Å². The Morgan fingerprint density at radius 3 is 2.91 bits per heavy atom. The van der Waals surface area contributed by atoms with Gasteiger partial charge in [0.05, 0.1) is 17.7 Å². The quantitative estimate of drug-likeness (QED) is 0.813. The number of carbonyl (C=O) groups excluding carboxylic acids is 1. The van der Waals surface area contributed by atoms with Gasteiger partial charge in [-0.15, -0.1) is 6.58 Å². The number of rotatable bonds is 5. The first-order valence-electron chi connectivity index (χ1n) is 7.39. The molecule has 0 aromatic carbocycles. The number of nitrogens with zero attached hydrogens (tertiary/aromatic N) is 4. The minimum Gasteiger partial charge on any atom is -0.354 e. The lowest BCUT2D eigenvalue weighted by Gasteiger charge is -2.37. The predicted octanol–water partition coefficient (Wildman–Crippen LogP) is 0.766. The van der Waals surface area contributed by atoms with E-state index in [1.807, 2.05) is 6.92 Å². The fourth-order valence-corrected chi connectivity index (χ4v) is 2.49. The molecule has 116 valence electrons. The second kappa shape index (κ2) is 7.57. The summed E-state index contributed by atoms with van der Waals surface area (Å²) in [4.78, 5) is 20.6. The fraction of sp³-hybridized carbons (Fsp3) is 0.438. The molecule has 1 aliphatic heterocycles. The zero-order valence-electron chi connectivity index (χ0n) is 12.8. The van der Waals surface area contributed by atoms with E-state index in [0.717, 1.165) is 32.0 Å². The van der Waals surface area contributed by atoms with Crippen LogP contribution in [-0.2, 0) is 4.79 Å². The van der Waals surface area contributed by atoms with Gasteiger partial charge in [0.1, 0.15) is 5.82 Å². The van der Waals surface area contributed by atoms with Crippen LogP contribution in [0.2, 0.25) is 0 Å². The van der Waals surface area contributed by atoms with Crippen LogP contribution in [0, 0.1) is 11.3 Å². The standard InChI is InChI=1S/C16H21N5O/c1-3-5-19-16(22)13(2)20-7-9-21(10-8-20)15-11-14(12-17)4-6-18-15/h3-4,6,11,13H,1,5,7-10H2,2H3,(H,19,22)/t13-/m0/s1. The van der Waals surface area contributed by atoms with Gasteiger partial charge in [-0.25, -0.2) is 4.98 Å². The van der Waals surface area contributed by atoms with E-state index in [-0.39, 0.29) is 11.9 Å². The smallest absolute Gasteiger partial charge is 0.237 e. The van der Waals surface area contributed by atoms with E-state index in [9.17, 15) is 4.79 Å². The monoisotopic (exact) mass is 299 g/mol. The molecule has 0 saturated carbocycles. The summed E-state index contributed by atoms with van der Waals surface area (Å²) in [6.45, 7) is 9.18. The molecule has 1 aromatic rings. The highest BCUT2D eigenvalue weighted by Gasteiger charge is 2.25. The number of pyridine rings is 1. The molecule has 1 fully saturated rings. The van der Waals surface area contributed by atoms with Crippen molar-refractivity contribution in [1.29, 1.82) is 5.26 Å². The lowest BCUT2D eigenvalue weighted by Crippen LogP contribution is -2.54. The molecule has 1 saturated heterocycles. The van der Waals surface area contributed by atoms with Gasteiger partial charge in [0.2, 0.25) is 5.91 Å². The Hall–Kier alpha value is -2.39. The Labute approximate surface area is 131 Å². The van der Waals surface area contributed by atoms with Crippen LogP contribution in [0.5, 0.6) is 0 Å². The van der Waals surface area contributed by atoms with E-state index in [1.54, 1.807) is 24.4 Å². The highest BCUT2D eigenvalue weighted by atomic mass is 16.2. The van der Waals surface area contributed by atoms with Crippen LogP contribution in [0.25, 0.3) is 0 Å². The first-order valence-corrected chi connectivity index (χ1v) is 7.39. The van der Waals surface area contributed by atoms with Crippen LogP contribution in [0.15, 0.2) is 31.0 Å². The molecule has 0 unspecified atom stereocenters. The lowest BCUT2D eigenvalue weighted by atomic mass is 10.2. The topological polar surface area (TPSA) is 72.3 Å². The molecule has 1 aromatic heterocycles. The lowest BCUT2D eigenvalue weighted by molar-refractivity contribution is -0.125. The number of hydrogen-bond donors (Lipinski definition) is 1. The van der Waals surface area contributed by atoms with Crippen LogP contribution >= 0.6 is 0 Å². The van der Waals surface area contributed by atoms with E-state index in [2.05, 4.69) is 32.7 Å². The van der Waals surface area contributed by atoms with E-state index in [4.69, 9.17) is 5.26 Å². The number of hydrogen-bond acceptors (Lipinski definition) is 5. The van der Waals surface area contributed by atoms with Crippen molar-refractivity contribution in [3.05, 3.63) is 36.5 Å². The molecule has 0 radical (unpaired) electrons. The Morgan fingerprint density at radius 2 is 2.27 bits per heavy atom. The first-order chi connectivity index (χ1) is 10.7. The summed E-state index contributed by atoms with van der Waals surface area (Å²) in [5.41, 5.74) is 0.615. The Morgan fingerprint density at radius 1 is 1.55 bits per heavy atom. The summed E-state index contributed by atoms with van der Waals surface area (Å²) >= 11 is 0. The molecule has 6 nitrogen and oxygen atoms in total. The maximum Gasteiger partial charge on any atom is 0.237 e. The molecule has 6 heteroatoms. The molecule has 0 bridgehead atoms. The summed E-state index contributed by atoms with van der Waals surface area (Å²) in [5, 5.41) is 11.8. The van der Waals surface area contributed by atoms with Crippen molar-refractivity contribution >= 4 is 11.7 Å². The number of amides is 1. The van der Waals surface area contributed by atoms with Crippen molar-refractivity contribution in [2.24, 2.45) is 0 Å². The van der Waals surface area contributed by atoms with Gasteiger partial charge >= 0.3 is 0 Å². The molecule has 1 amide bonds. The van der Waals surface area contributed by atoms with Crippen LogP contribution < -0.4 is 10.2 Å². The van der Waals surface area contributed by atoms with Crippen LogP contribution in [-0.4, -0.2) is 54.6 Å². The van der Waals surface area contributed by atoms with E-state index < -0.39 is 0 Å². The number of piperazine rings is 1. The summed E-state index contributed by atoms with van der Waals surface area (Å²) < 4.78 is 0. The third-order valence-corrected chi connectivity index (χ3v) is 3.86. The second-order valence-corrected chi connectivity index (χ2v) is 5.25.